The Labute approximate surface area is 187 Å². The van der Waals surface area contributed by atoms with Gasteiger partial charge in [-0.05, 0) is 50.2 Å². The summed E-state index contributed by atoms with van der Waals surface area (Å²) in [4.78, 5) is 49.0. The van der Waals surface area contributed by atoms with E-state index in [0.717, 1.165) is 0 Å². The quantitative estimate of drug-likeness (QED) is 0.132. The van der Waals surface area contributed by atoms with Gasteiger partial charge in [0.15, 0.2) is 0 Å². The first-order valence-electron chi connectivity index (χ1n) is 10.3. The fourth-order valence-electron chi connectivity index (χ4n) is 2.67. The number of hydrogen-bond donors (Lipinski definition) is 7. The van der Waals surface area contributed by atoms with Crippen molar-refractivity contribution in [3.05, 3.63) is 0 Å². The summed E-state index contributed by atoms with van der Waals surface area (Å²) in [6.07, 6.45) is 3.59. The van der Waals surface area contributed by atoms with Crippen LogP contribution in [0.15, 0.2) is 0 Å². The number of carboxylic acids is 1. The van der Waals surface area contributed by atoms with Gasteiger partial charge >= 0.3 is 5.97 Å². The number of nitrogens with one attached hydrogen (secondary N) is 3. The average molecular weight is 464 g/mol. The molecule has 0 rings (SSSR count). The first-order chi connectivity index (χ1) is 14.6. The van der Waals surface area contributed by atoms with E-state index in [0.29, 0.717) is 25.1 Å². The van der Waals surface area contributed by atoms with E-state index in [1.807, 2.05) is 6.26 Å². The molecule has 0 aliphatic rings. The van der Waals surface area contributed by atoms with Crippen LogP contribution in [0.1, 0.15) is 39.5 Å². The zero-order valence-electron chi connectivity index (χ0n) is 18.4. The van der Waals surface area contributed by atoms with Crippen LogP contribution >= 0.6 is 11.8 Å². The predicted octanol–water partition coefficient (Wildman–Crippen LogP) is -1.62. The van der Waals surface area contributed by atoms with Gasteiger partial charge in [-0.1, -0.05) is 13.8 Å². The summed E-state index contributed by atoms with van der Waals surface area (Å²) in [6.45, 7) is 3.18. The fraction of sp³-hybridized carbons (Fsp3) is 0.789. The molecule has 0 fully saturated rings. The second-order valence-corrected chi connectivity index (χ2v) is 8.53. The van der Waals surface area contributed by atoms with Crippen LogP contribution in [0.3, 0.4) is 0 Å². The van der Waals surface area contributed by atoms with Crippen molar-refractivity contribution in [1.29, 1.82) is 0 Å². The van der Waals surface area contributed by atoms with Crippen LogP contribution in [-0.4, -0.2) is 83.2 Å². The molecule has 11 nitrogen and oxygen atoms in total. The number of carbonyl (C=O) groups excluding carboxylic acids is 3. The molecule has 0 spiro atoms. The van der Waals surface area contributed by atoms with Gasteiger partial charge in [0.1, 0.15) is 24.2 Å². The lowest BCUT2D eigenvalue weighted by Crippen LogP contribution is -2.58. The number of carbonyl (C=O) groups is 4. The van der Waals surface area contributed by atoms with Crippen molar-refractivity contribution in [2.45, 2.75) is 63.7 Å². The van der Waals surface area contributed by atoms with Crippen molar-refractivity contribution in [3.8, 4) is 0 Å². The lowest BCUT2D eigenvalue weighted by molar-refractivity contribution is -0.143. The second-order valence-electron chi connectivity index (χ2n) is 7.55. The van der Waals surface area contributed by atoms with Gasteiger partial charge in [0.05, 0.1) is 6.61 Å². The van der Waals surface area contributed by atoms with E-state index in [9.17, 15) is 24.3 Å². The summed E-state index contributed by atoms with van der Waals surface area (Å²) in [7, 11) is 0. The molecule has 4 unspecified atom stereocenters. The van der Waals surface area contributed by atoms with E-state index < -0.39 is 54.5 Å². The van der Waals surface area contributed by atoms with E-state index in [1.165, 1.54) is 11.8 Å². The molecule has 3 amide bonds. The standard InChI is InChI=1S/C19H37N5O6S/c1-11(2)15(19(29)30)24-18(28)14(7-9-31-3)23-17(27)13(6-4-5-8-20)22-16(26)12(21)10-25/h11-15,25H,4-10,20-21H2,1-3H3,(H,22,26)(H,23,27)(H,24,28)(H,29,30). The van der Waals surface area contributed by atoms with Crippen LogP contribution in [0.25, 0.3) is 0 Å². The van der Waals surface area contributed by atoms with E-state index in [1.54, 1.807) is 13.8 Å². The Hall–Kier alpha value is -1.89. The van der Waals surface area contributed by atoms with Gasteiger partial charge in [-0.3, -0.25) is 14.4 Å². The van der Waals surface area contributed by atoms with Crippen molar-refractivity contribution in [1.82, 2.24) is 16.0 Å². The van der Waals surface area contributed by atoms with Crippen molar-refractivity contribution >= 4 is 35.5 Å². The predicted molar refractivity (Wildman–Crippen MR) is 119 cm³/mol. The minimum Gasteiger partial charge on any atom is -0.480 e. The van der Waals surface area contributed by atoms with E-state index in [-0.39, 0.29) is 18.8 Å². The van der Waals surface area contributed by atoms with Gasteiger partial charge in [0.25, 0.3) is 0 Å². The summed E-state index contributed by atoms with van der Waals surface area (Å²) in [5.41, 5.74) is 11.0. The molecule has 0 aliphatic carbocycles. The molecule has 0 bridgehead atoms. The molecule has 0 radical (unpaired) electrons. The molecular formula is C19H37N5O6S. The number of hydrogen-bond acceptors (Lipinski definition) is 8. The number of thioether (sulfide) groups is 1. The third kappa shape index (κ3) is 11.3. The molecule has 0 heterocycles. The number of rotatable bonds is 16. The molecule has 180 valence electrons. The normalized spacial score (nSPS) is 14.9. The Kier molecular flexibility index (Phi) is 14.9. The first-order valence-corrected chi connectivity index (χ1v) is 11.7. The Morgan fingerprint density at radius 2 is 1.48 bits per heavy atom. The van der Waals surface area contributed by atoms with Crippen molar-refractivity contribution in [2.24, 2.45) is 17.4 Å². The zero-order chi connectivity index (χ0) is 24.0. The number of aliphatic hydroxyl groups is 1. The maximum Gasteiger partial charge on any atom is 0.326 e. The summed E-state index contributed by atoms with van der Waals surface area (Å²) in [5.74, 6) is -2.84. The molecule has 12 heteroatoms. The third-order valence-corrected chi connectivity index (χ3v) is 5.23. The van der Waals surface area contributed by atoms with Gasteiger partial charge < -0.3 is 37.6 Å². The monoisotopic (exact) mass is 463 g/mol. The maximum atomic E-state index is 12.9. The second kappa shape index (κ2) is 15.8. The number of aliphatic carboxylic acids is 1. The molecule has 0 aromatic heterocycles. The first kappa shape index (κ1) is 29.1. The Balaban J connectivity index is 5.38. The Bertz CT molecular complexity index is 592. The van der Waals surface area contributed by atoms with Crippen LogP contribution in [0.4, 0.5) is 0 Å². The van der Waals surface area contributed by atoms with Crippen LogP contribution in [-0.2, 0) is 19.2 Å². The SMILES string of the molecule is CSCCC(NC(=O)C(CCCCN)NC(=O)C(N)CO)C(=O)NC(C(=O)O)C(C)C. The van der Waals surface area contributed by atoms with Crippen LogP contribution in [0.5, 0.6) is 0 Å². The molecule has 4 atom stereocenters. The van der Waals surface area contributed by atoms with Gasteiger partial charge in [0, 0.05) is 0 Å². The van der Waals surface area contributed by atoms with Crippen LogP contribution < -0.4 is 27.4 Å². The number of carboxylic acid groups (broad SMARTS) is 1. The van der Waals surface area contributed by atoms with E-state index >= 15 is 0 Å². The average Bonchev–Trinajstić information content (AvgIpc) is 2.72. The highest BCUT2D eigenvalue weighted by Crippen LogP contribution is 2.08. The van der Waals surface area contributed by atoms with Crippen molar-refractivity contribution < 1.29 is 29.4 Å². The highest BCUT2D eigenvalue weighted by Gasteiger charge is 2.30. The number of unbranched alkanes of at least 4 members (excludes halogenated alkanes) is 1. The van der Waals surface area contributed by atoms with Crippen LogP contribution in [0, 0.1) is 5.92 Å². The Morgan fingerprint density at radius 3 is 1.97 bits per heavy atom. The zero-order valence-corrected chi connectivity index (χ0v) is 19.2. The fourth-order valence-corrected chi connectivity index (χ4v) is 3.14. The largest absolute Gasteiger partial charge is 0.480 e. The van der Waals surface area contributed by atoms with E-state index in [2.05, 4.69) is 16.0 Å². The molecule has 9 N–H and O–H groups in total. The highest BCUT2D eigenvalue weighted by atomic mass is 32.2. The Morgan fingerprint density at radius 1 is 0.935 bits per heavy atom. The maximum absolute atomic E-state index is 12.9. The molecular weight excluding hydrogens is 426 g/mol. The lowest BCUT2D eigenvalue weighted by Gasteiger charge is -2.26. The minimum absolute atomic E-state index is 0.271. The molecule has 0 saturated heterocycles. The highest BCUT2D eigenvalue weighted by molar-refractivity contribution is 7.98. The molecule has 0 saturated carbocycles. The van der Waals surface area contributed by atoms with Gasteiger partial charge in [0.2, 0.25) is 17.7 Å². The van der Waals surface area contributed by atoms with Crippen molar-refractivity contribution in [2.75, 3.05) is 25.2 Å². The minimum atomic E-state index is -1.18. The number of aliphatic hydroxyl groups excluding tert-OH is 1. The van der Waals surface area contributed by atoms with Gasteiger partial charge in [-0.15, -0.1) is 0 Å². The molecule has 0 aromatic carbocycles. The van der Waals surface area contributed by atoms with E-state index in [4.69, 9.17) is 16.6 Å². The smallest absolute Gasteiger partial charge is 0.326 e. The third-order valence-electron chi connectivity index (χ3n) is 4.59. The molecule has 31 heavy (non-hydrogen) atoms. The lowest BCUT2D eigenvalue weighted by atomic mass is 10.0. The topological polar surface area (TPSA) is 197 Å². The molecule has 0 aromatic rings. The summed E-state index contributed by atoms with van der Waals surface area (Å²) >= 11 is 1.47. The van der Waals surface area contributed by atoms with Gasteiger partial charge in [-0.25, -0.2) is 4.79 Å². The van der Waals surface area contributed by atoms with Gasteiger partial charge in [-0.2, -0.15) is 11.8 Å². The number of amides is 3. The summed E-state index contributed by atoms with van der Waals surface area (Å²) < 4.78 is 0. The molecule has 0 aliphatic heterocycles. The summed E-state index contributed by atoms with van der Waals surface area (Å²) in [5, 5.41) is 26.0. The van der Waals surface area contributed by atoms with Crippen molar-refractivity contribution in [3.63, 3.8) is 0 Å². The van der Waals surface area contributed by atoms with Crippen LogP contribution in [0.2, 0.25) is 0 Å². The summed E-state index contributed by atoms with van der Waals surface area (Å²) in [6, 6.07) is -4.21. The number of nitrogens with two attached hydrogens (primary N) is 2.